The van der Waals surface area contributed by atoms with Gasteiger partial charge < -0.3 is 14.6 Å². The summed E-state index contributed by atoms with van der Waals surface area (Å²) in [7, 11) is 1.61. The number of rotatable bonds is 5. The molecule has 0 aliphatic carbocycles. The Hall–Kier alpha value is -3.56. The number of nitrogens with one attached hydrogen (secondary N) is 1. The van der Waals surface area contributed by atoms with Gasteiger partial charge in [-0.05, 0) is 66.9 Å². The van der Waals surface area contributed by atoms with Crippen LogP contribution in [0, 0.1) is 11.3 Å². The number of benzene rings is 2. The third kappa shape index (κ3) is 3.80. The van der Waals surface area contributed by atoms with Crippen LogP contribution in [0.3, 0.4) is 0 Å². The number of nitriles is 1. The summed E-state index contributed by atoms with van der Waals surface area (Å²) in [4.78, 5) is 17.7. The van der Waals surface area contributed by atoms with Crippen LogP contribution in [0.2, 0.25) is 5.02 Å². The number of carbonyl (C=O) groups excluding carboxylic acids is 1. The van der Waals surface area contributed by atoms with Crippen molar-refractivity contribution < 1.29 is 9.53 Å². The lowest BCUT2D eigenvalue weighted by Gasteiger charge is -2.09. The second kappa shape index (κ2) is 8.44. The molecule has 7 heteroatoms. The van der Waals surface area contributed by atoms with E-state index in [9.17, 15) is 10.1 Å². The first kappa shape index (κ1) is 19.7. The average Bonchev–Trinajstić information content (AvgIpc) is 3.34. The fourth-order valence-electron chi connectivity index (χ4n) is 3.59. The van der Waals surface area contributed by atoms with Crippen molar-refractivity contribution in [3.8, 4) is 11.8 Å². The van der Waals surface area contributed by atoms with Crippen molar-refractivity contribution >= 4 is 35.1 Å². The number of hydrogen-bond acceptors (Lipinski definition) is 4. The van der Waals surface area contributed by atoms with Gasteiger partial charge in [0.1, 0.15) is 23.2 Å². The van der Waals surface area contributed by atoms with Gasteiger partial charge in [-0.1, -0.05) is 11.6 Å². The highest BCUT2D eigenvalue weighted by Crippen LogP contribution is 2.35. The van der Waals surface area contributed by atoms with Crippen molar-refractivity contribution in [1.29, 1.82) is 5.26 Å². The lowest BCUT2D eigenvalue weighted by atomic mass is 10.1. The quantitative estimate of drug-likeness (QED) is 0.594. The number of amides is 1. The van der Waals surface area contributed by atoms with Crippen molar-refractivity contribution in [3.05, 3.63) is 76.1 Å². The predicted molar refractivity (Wildman–Crippen MR) is 117 cm³/mol. The first-order chi connectivity index (χ1) is 14.6. The van der Waals surface area contributed by atoms with Gasteiger partial charge in [0.15, 0.2) is 0 Å². The van der Waals surface area contributed by atoms with Crippen molar-refractivity contribution in [2.24, 2.45) is 4.99 Å². The Labute approximate surface area is 179 Å². The zero-order chi connectivity index (χ0) is 21.1. The van der Waals surface area contributed by atoms with E-state index < -0.39 is 0 Å². The molecule has 0 radical (unpaired) electrons. The van der Waals surface area contributed by atoms with Crippen LogP contribution >= 0.6 is 11.6 Å². The minimum Gasteiger partial charge on any atom is -0.497 e. The van der Waals surface area contributed by atoms with E-state index in [4.69, 9.17) is 16.3 Å². The summed E-state index contributed by atoms with van der Waals surface area (Å²) in [5, 5.41) is 13.2. The molecule has 1 aromatic heterocycles. The molecule has 150 valence electrons. The summed E-state index contributed by atoms with van der Waals surface area (Å²) in [6.07, 6.45) is 3.31. The predicted octanol–water partition coefficient (Wildman–Crippen LogP) is 4.97. The maximum atomic E-state index is 13.1. The maximum Gasteiger partial charge on any atom is 0.274 e. The number of hydrogen-bond donors (Lipinski definition) is 1. The minimum absolute atomic E-state index is 0.302. The molecule has 0 atom stereocenters. The van der Waals surface area contributed by atoms with Crippen LogP contribution in [0.5, 0.6) is 5.75 Å². The molecule has 3 aromatic rings. The zero-order valence-electron chi connectivity index (χ0n) is 16.4. The second-order valence-corrected chi connectivity index (χ2v) is 7.31. The molecule has 0 fully saturated rings. The fourth-order valence-corrected chi connectivity index (χ4v) is 3.72. The Balaban J connectivity index is 1.72. The van der Waals surface area contributed by atoms with Crippen molar-refractivity contribution in [1.82, 2.24) is 4.57 Å². The Morgan fingerprint density at radius 3 is 2.63 bits per heavy atom. The van der Waals surface area contributed by atoms with Crippen LogP contribution in [0.4, 0.5) is 11.4 Å². The number of halogens is 1. The van der Waals surface area contributed by atoms with Crippen LogP contribution in [0.1, 0.15) is 33.7 Å². The van der Waals surface area contributed by atoms with E-state index in [2.05, 4.69) is 16.4 Å². The molecular weight excluding hydrogens is 400 g/mol. The van der Waals surface area contributed by atoms with Crippen LogP contribution in [-0.2, 0) is 13.0 Å². The number of ether oxygens (including phenoxy) is 1. The first-order valence-corrected chi connectivity index (χ1v) is 9.89. The number of aromatic nitrogens is 1. The third-order valence-corrected chi connectivity index (χ3v) is 5.28. The minimum atomic E-state index is -0.302. The van der Waals surface area contributed by atoms with Crippen molar-refractivity contribution in [2.45, 2.75) is 19.4 Å². The van der Waals surface area contributed by atoms with E-state index >= 15 is 0 Å². The molecule has 1 amide bonds. The summed E-state index contributed by atoms with van der Waals surface area (Å²) in [5.74, 6) is 0.444. The summed E-state index contributed by atoms with van der Waals surface area (Å²) in [6, 6.07) is 16.5. The highest BCUT2D eigenvalue weighted by molar-refractivity contribution is 6.30. The molecule has 0 saturated heterocycles. The zero-order valence-corrected chi connectivity index (χ0v) is 17.1. The average molecular weight is 419 g/mol. The number of aliphatic imine (C=N–C) groups is 1. The lowest BCUT2D eigenvalue weighted by Crippen LogP contribution is -2.16. The van der Waals surface area contributed by atoms with Gasteiger partial charge >= 0.3 is 0 Å². The van der Waals surface area contributed by atoms with E-state index in [-0.39, 0.29) is 5.91 Å². The van der Waals surface area contributed by atoms with Crippen LogP contribution in [0.15, 0.2) is 53.5 Å². The summed E-state index contributed by atoms with van der Waals surface area (Å²) in [5.41, 5.74) is 3.59. The molecule has 2 aromatic carbocycles. The Morgan fingerprint density at radius 2 is 1.97 bits per heavy atom. The smallest absolute Gasteiger partial charge is 0.274 e. The topological polar surface area (TPSA) is 79.4 Å². The van der Waals surface area contributed by atoms with Crippen LogP contribution in [0.25, 0.3) is 0 Å². The molecule has 6 nitrogen and oxygen atoms in total. The largest absolute Gasteiger partial charge is 0.497 e. The van der Waals surface area contributed by atoms with Gasteiger partial charge in [-0.25, -0.2) is 0 Å². The standard InChI is InChI=1S/C23H19ClN4O2/c1-30-18-10-4-15(5-11-18)14-26-21-19(13-25)20-3-2-12-28(20)22(21)23(29)27-17-8-6-16(24)7-9-17/h4-11,14H,2-3,12H2,1H3,(H,27,29). The van der Waals surface area contributed by atoms with Crippen LogP contribution < -0.4 is 10.1 Å². The molecule has 0 saturated carbocycles. The Bertz CT molecular complexity index is 1160. The molecule has 2 heterocycles. The van der Waals surface area contributed by atoms with Gasteiger partial charge in [0, 0.05) is 29.2 Å². The van der Waals surface area contributed by atoms with Crippen molar-refractivity contribution in [2.75, 3.05) is 12.4 Å². The highest BCUT2D eigenvalue weighted by atomic mass is 35.5. The van der Waals surface area contributed by atoms with Crippen LogP contribution in [-0.4, -0.2) is 23.8 Å². The normalized spacial score (nSPS) is 12.6. The summed E-state index contributed by atoms with van der Waals surface area (Å²) < 4.78 is 7.08. The molecule has 1 aliphatic heterocycles. The summed E-state index contributed by atoms with van der Waals surface area (Å²) in [6.45, 7) is 0.686. The van der Waals surface area contributed by atoms with Gasteiger partial charge in [-0.3, -0.25) is 9.79 Å². The molecule has 0 bridgehead atoms. The van der Waals surface area contributed by atoms with E-state index in [1.165, 1.54) is 0 Å². The van der Waals surface area contributed by atoms with E-state index in [1.807, 2.05) is 28.8 Å². The molecular formula is C23H19ClN4O2. The molecule has 30 heavy (non-hydrogen) atoms. The third-order valence-electron chi connectivity index (χ3n) is 5.03. The number of carbonyl (C=O) groups is 1. The van der Waals surface area contributed by atoms with E-state index in [1.54, 1.807) is 37.6 Å². The maximum absolute atomic E-state index is 13.1. The number of anilines is 1. The van der Waals surface area contributed by atoms with Gasteiger partial charge in [0.25, 0.3) is 5.91 Å². The SMILES string of the molecule is COc1ccc(C=Nc2c(C#N)c3n(c2C(=O)Nc2ccc(Cl)cc2)CCC3)cc1. The number of fused-ring (bicyclic) bond motifs is 1. The van der Waals surface area contributed by atoms with E-state index in [0.717, 1.165) is 29.8 Å². The van der Waals surface area contributed by atoms with Gasteiger partial charge in [-0.2, -0.15) is 5.26 Å². The first-order valence-electron chi connectivity index (χ1n) is 9.51. The molecule has 0 unspecified atom stereocenters. The second-order valence-electron chi connectivity index (χ2n) is 6.88. The van der Waals surface area contributed by atoms with Gasteiger partial charge in [0.2, 0.25) is 0 Å². The summed E-state index contributed by atoms with van der Waals surface area (Å²) >= 11 is 5.93. The number of methoxy groups -OCH3 is 1. The Morgan fingerprint density at radius 1 is 1.23 bits per heavy atom. The molecule has 0 spiro atoms. The lowest BCUT2D eigenvalue weighted by molar-refractivity contribution is 0.101. The Kier molecular flexibility index (Phi) is 5.55. The fraction of sp³-hybridized carbons (Fsp3) is 0.174. The van der Waals surface area contributed by atoms with Gasteiger partial charge in [0.05, 0.1) is 12.7 Å². The van der Waals surface area contributed by atoms with Crippen molar-refractivity contribution in [3.63, 3.8) is 0 Å². The number of nitrogens with zero attached hydrogens (tertiary/aromatic N) is 3. The molecule has 1 aliphatic rings. The highest BCUT2D eigenvalue weighted by Gasteiger charge is 2.29. The van der Waals surface area contributed by atoms with E-state index in [0.29, 0.717) is 34.2 Å². The molecule has 1 N–H and O–H groups in total. The molecule has 4 rings (SSSR count). The van der Waals surface area contributed by atoms with Gasteiger partial charge in [-0.15, -0.1) is 0 Å². The monoisotopic (exact) mass is 418 g/mol.